The summed E-state index contributed by atoms with van der Waals surface area (Å²) in [5.74, 6) is -0.890. The Kier molecular flexibility index (Phi) is 3.23. The van der Waals surface area contributed by atoms with Gasteiger partial charge in [-0.1, -0.05) is 11.3 Å². The second kappa shape index (κ2) is 5.04. The van der Waals surface area contributed by atoms with E-state index in [2.05, 4.69) is 20.5 Å². The van der Waals surface area contributed by atoms with E-state index >= 15 is 0 Å². The van der Waals surface area contributed by atoms with Crippen molar-refractivity contribution < 1.29 is 9.90 Å². The van der Waals surface area contributed by atoms with Crippen LogP contribution in [0.2, 0.25) is 0 Å². The zero-order valence-electron chi connectivity index (χ0n) is 10.5. The molecule has 2 aromatic rings. The maximum atomic E-state index is 12.1. The van der Waals surface area contributed by atoms with Crippen molar-refractivity contribution in [3.8, 4) is 5.75 Å². The lowest BCUT2D eigenvalue weighted by Crippen LogP contribution is -2.26. The Hall–Kier alpha value is -2.22. The molecule has 1 aliphatic carbocycles. The molecular weight excluding hydrogens is 280 g/mol. The summed E-state index contributed by atoms with van der Waals surface area (Å²) in [6.45, 7) is 0. The van der Waals surface area contributed by atoms with Crippen molar-refractivity contribution in [2.24, 2.45) is 0 Å². The van der Waals surface area contributed by atoms with E-state index in [9.17, 15) is 14.7 Å². The average molecular weight is 292 g/mol. The van der Waals surface area contributed by atoms with Crippen LogP contribution < -0.4 is 10.9 Å². The molecule has 7 nitrogen and oxygen atoms in total. The van der Waals surface area contributed by atoms with E-state index in [4.69, 9.17) is 0 Å². The third-order valence-corrected chi connectivity index (χ3v) is 3.90. The summed E-state index contributed by atoms with van der Waals surface area (Å²) in [4.78, 5) is 26.7. The summed E-state index contributed by atoms with van der Waals surface area (Å²) in [6, 6.07) is 0. The maximum absolute atomic E-state index is 12.1. The standard InChI is InChI=1S/C12H12N4O3S/c17-9-6-3-1-2-4-7(6)14-10(18)8(9)11(19)15-12-16-13-5-20-12/h5H,1-4H2,(H2,14,17,18)(H,15,16,19). The number of carbonyl (C=O) groups excluding carboxylic acids is 1. The third-order valence-electron chi connectivity index (χ3n) is 3.29. The van der Waals surface area contributed by atoms with Gasteiger partial charge in [-0.3, -0.25) is 14.9 Å². The first-order valence-corrected chi connectivity index (χ1v) is 7.09. The Morgan fingerprint density at radius 1 is 1.40 bits per heavy atom. The normalized spacial score (nSPS) is 13.8. The first-order chi connectivity index (χ1) is 9.66. The fourth-order valence-electron chi connectivity index (χ4n) is 2.36. The molecule has 0 unspecified atom stereocenters. The van der Waals surface area contributed by atoms with E-state index < -0.39 is 11.5 Å². The van der Waals surface area contributed by atoms with Crippen molar-refractivity contribution in [1.29, 1.82) is 0 Å². The molecule has 0 aromatic carbocycles. The number of hydrogen-bond acceptors (Lipinski definition) is 6. The van der Waals surface area contributed by atoms with Crippen LogP contribution in [0.1, 0.15) is 34.5 Å². The van der Waals surface area contributed by atoms with E-state index in [1.165, 1.54) is 5.51 Å². The number of hydrogen-bond donors (Lipinski definition) is 3. The fraction of sp³-hybridized carbons (Fsp3) is 0.333. The Bertz CT molecular complexity index is 708. The third kappa shape index (κ3) is 2.18. The molecular formula is C12H12N4O3S. The van der Waals surface area contributed by atoms with E-state index in [0.717, 1.165) is 36.3 Å². The highest BCUT2D eigenvalue weighted by Gasteiger charge is 2.24. The molecule has 2 aromatic heterocycles. The predicted octanol–water partition coefficient (Wildman–Crippen LogP) is 1.06. The molecule has 0 radical (unpaired) electrons. The summed E-state index contributed by atoms with van der Waals surface area (Å²) < 4.78 is 0. The number of pyridine rings is 1. The zero-order chi connectivity index (χ0) is 14.1. The van der Waals surface area contributed by atoms with Crippen LogP contribution in [0.25, 0.3) is 0 Å². The van der Waals surface area contributed by atoms with Crippen LogP contribution >= 0.6 is 11.3 Å². The quantitative estimate of drug-likeness (QED) is 0.767. The highest BCUT2D eigenvalue weighted by Crippen LogP contribution is 2.28. The molecule has 0 fully saturated rings. The van der Waals surface area contributed by atoms with Gasteiger partial charge in [-0.2, -0.15) is 0 Å². The number of anilines is 1. The predicted molar refractivity (Wildman–Crippen MR) is 73.2 cm³/mol. The molecule has 0 saturated heterocycles. The number of rotatable bonds is 2. The van der Waals surface area contributed by atoms with Crippen LogP contribution in [-0.4, -0.2) is 26.2 Å². The Morgan fingerprint density at radius 2 is 2.20 bits per heavy atom. The van der Waals surface area contributed by atoms with Crippen molar-refractivity contribution >= 4 is 22.4 Å². The molecule has 20 heavy (non-hydrogen) atoms. The second-order valence-corrected chi connectivity index (χ2v) is 5.37. The molecule has 8 heteroatoms. The van der Waals surface area contributed by atoms with Crippen LogP contribution in [0, 0.1) is 0 Å². The van der Waals surface area contributed by atoms with Gasteiger partial charge in [-0.15, -0.1) is 10.2 Å². The Balaban J connectivity index is 2.01. The monoisotopic (exact) mass is 292 g/mol. The summed E-state index contributed by atoms with van der Waals surface area (Å²) >= 11 is 1.14. The Labute approximate surface area is 117 Å². The molecule has 1 amide bonds. The lowest BCUT2D eigenvalue weighted by Gasteiger charge is -2.17. The van der Waals surface area contributed by atoms with Crippen LogP contribution in [0.5, 0.6) is 5.75 Å². The fourth-order valence-corrected chi connectivity index (χ4v) is 2.80. The zero-order valence-corrected chi connectivity index (χ0v) is 11.3. The van der Waals surface area contributed by atoms with Gasteiger partial charge in [0, 0.05) is 11.3 Å². The van der Waals surface area contributed by atoms with Crippen molar-refractivity contribution in [3.05, 3.63) is 32.7 Å². The second-order valence-electron chi connectivity index (χ2n) is 4.54. The van der Waals surface area contributed by atoms with Gasteiger partial charge in [0.25, 0.3) is 11.5 Å². The minimum absolute atomic E-state index is 0.217. The number of nitrogens with zero attached hydrogens (tertiary/aromatic N) is 2. The molecule has 3 N–H and O–H groups in total. The number of aromatic hydroxyl groups is 1. The molecule has 104 valence electrons. The van der Waals surface area contributed by atoms with E-state index in [1.807, 2.05) is 0 Å². The van der Waals surface area contributed by atoms with Crippen LogP contribution in [0.4, 0.5) is 5.13 Å². The van der Waals surface area contributed by atoms with Gasteiger partial charge in [0.1, 0.15) is 16.8 Å². The van der Waals surface area contributed by atoms with Crippen molar-refractivity contribution in [2.75, 3.05) is 5.32 Å². The number of amides is 1. The van der Waals surface area contributed by atoms with Crippen molar-refractivity contribution in [1.82, 2.24) is 15.2 Å². The summed E-state index contributed by atoms with van der Waals surface area (Å²) in [6.07, 6.45) is 3.29. The first kappa shape index (κ1) is 12.8. The van der Waals surface area contributed by atoms with E-state index in [-0.39, 0.29) is 16.4 Å². The lowest BCUT2D eigenvalue weighted by atomic mass is 9.94. The number of aromatic nitrogens is 3. The van der Waals surface area contributed by atoms with Gasteiger partial charge < -0.3 is 10.1 Å². The molecule has 1 aliphatic rings. The smallest absolute Gasteiger partial charge is 0.266 e. The average Bonchev–Trinajstić information content (AvgIpc) is 2.91. The largest absolute Gasteiger partial charge is 0.507 e. The minimum Gasteiger partial charge on any atom is -0.507 e. The molecule has 3 rings (SSSR count). The first-order valence-electron chi connectivity index (χ1n) is 6.21. The van der Waals surface area contributed by atoms with E-state index in [0.29, 0.717) is 12.0 Å². The molecule has 0 spiro atoms. The number of aryl methyl sites for hydroxylation is 1. The van der Waals surface area contributed by atoms with Crippen molar-refractivity contribution in [3.63, 3.8) is 0 Å². The minimum atomic E-state index is -0.672. The van der Waals surface area contributed by atoms with Gasteiger partial charge in [-0.05, 0) is 25.7 Å². The van der Waals surface area contributed by atoms with Gasteiger partial charge in [0.05, 0.1) is 0 Å². The van der Waals surface area contributed by atoms with E-state index in [1.54, 1.807) is 0 Å². The molecule has 2 heterocycles. The number of carbonyl (C=O) groups is 1. The summed E-state index contributed by atoms with van der Waals surface area (Å²) in [5, 5.41) is 20.2. The van der Waals surface area contributed by atoms with Gasteiger partial charge in [0.2, 0.25) is 5.13 Å². The highest BCUT2D eigenvalue weighted by molar-refractivity contribution is 7.13. The number of fused-ring (bicyclic) bond motifs is 1. The molecule has 0 aliphatic heterocycles. The van der Waals surface area contributed by atoms with Crippen molar-refractivity contribution in [2.45, 2.75) is 25.7 Å². The van der Waals surface area contributed by atoms with Crippen LogP contribution in [-0.2, 0) is 12.8 Å². The van der Waals surface area contributed by atoms with Gasteiger partial charge >= 0.3 is 0 Å². The number of H-pyrrole nitrogens is 1. The highest BCUT2D eigenvalue weighted by atomic mass is 32.1. The molecule has 0 bridgehead atoms. The topological polar surface area (TPSA) is 108 Å². The Morgan fingerprint density at radius 3 is 2.95 bits per heavy atom. The van der Waals surface area contributed by atoms with Crippen LogP contribution in [0.15, 0.2) is 10.3 Å². The lowest BCUT2D eigenvalue weighted by molar-refractivity contribution is 0.102. The molecule has 0 atom stereocenters. The summed E-state index contributed by atoms with van der Waals surface area (Å²) in [5.41, 5.74) is 2.02. The SMILES string of the molecule is O=C(Nc1nncs1)c1c(O)c2c([nH]c1=O)CCCC2. The maximum Gasteiger partial charge on any atom is 0.266 e. The van der Waals surface area contributed by atoms with Gasteiger partial charge in [0.15, 0.2) is 0 Å². The van der Waals surface area contributed by atoms with Gasteiger partial charge in [-0.25, -0.2) is 0 Å². The summed E-state index contributed by atoms with van der Waals surface area (Å²) in [7, 11) is 0. The van der Waals surface area contributed by atoms with Crippen LogP contribution in [0.3, 0.4) is 0 Å². The molecule has 0 saturated carbocycles. The number of aromatic amines is 1. The number of nitrogens with one attached hydrogen (secondary N) is 2.